The van der Waals surface area contributed by atoms with Crippen LogP contribution < -0.4 is 5.32 Å². The van der Waals surface area contributed by atoms with E-state index in [4.69, 9.17) is 0 Å². The maximum atomic E-state index is 12.4. The molecule has 4 heteroatoms. The zero-order valence-electron chi connectivity index (χ0n) is 11.8. The van der Waals surface area contributed by atoms with Crippen molar-refractivity contribution in [2.75, 3.05) is 12.3 Å². The van der Waals surface area contributed by atoms with Crippen molar-refractivity contribution in [1.82, 2.24) is 5.32 Å². The van der Waals surface area contributed by atoms with Crippen molar-refractivity contribution in [3.05, 3.63) is 10.6 Å². The number of allylic oxidation sites excluding steroid dienone is 2. The highest BCUT2D eigenvalue weighted by atomic mass is 32.2. The Kier molecular flexibility index (Phi) is 3.68. The minimum Gasteiger partial charge on any atom is -0.387 e. The molecule has 0 aromatic carbocycles. The zero-order chi connectivity index (χ0) is 13.5. The summed E-state index contributed by atoms with van der Waals surface area (Å²) < 4.78 is 24.8. The average molecular weight is 259 g/mol. The fourth-order valence-corrected chi connectivity index (χ4v) is 4.61. The molecular formula is C13H25NO2S. The molecule has 1 N–H and O–H groups in total. The normalized spacial score (nSPS) is 22.0. The summed E-state index contributed by atoms with van der Waals surface area (Å²) in [6.07, 6.45) is 0.682. The van der Waals surface area contributed by atoms with Crippen LogP contribution in [-0.4, -0.2) is 20.7 Å². The first-order valence-electron chi connectivity index (χ1n) is 6.18. The van der Waals surface area contributed by atoms with E-state index < -0.39 is 9.84 Å². The van der Waals surface area contributed by atoms with Gasteiger partial charge in [0.25, 0.3) is 0 Å². The highest BCUT2D eigenvalue weighted by Gasteiger charge is 2.37. The Bertz CT molecular complexity index is 419. The van der Waals surface area contributed by atoms with Gasteiger partial charge in [-0.25, -0.2) is 8.42 Å². The van der Waals surface area contributed by atoms with Gasteiger partial charge in [-0.3, -0.25) is 0 Å². The van der Waals surface area contributed by atoms with Crippen molar-refractivity contribution >= 4 is 9.84 Å². The molecule has 3 nitrogen and oxygen atoms in total. The fourth-order valence-electron chi connectivity index (χ4n) is 2.26. The summed E-state index contributed by atoms with van der Waals surface area (Å²) in [7, 11) is -3.13. The third kappa shape index (κ3) is 3.24. The van der Waals surface area contributed by atoms with Gasteiger partial charge in [0.2, 0.25) is 0 Å². The smallest absolute Gasteiger partial charge is 0.176 e. The molecule has 0 spiro atoms. The largest absolute Gasteiger partial charge is 0.387 e. The molecule has 17 heavy (non-hydrogen) atoms. The second kappa shape index (κ2) is 4.30. The fraction of sp³-hybridized carbons (Fsp3) is 0.846. The van der Waals surface area contributed by atoms with E-state index in [2.05, 4.69) is 26.1 Å². The number of hydrogen-bond donors (Lipinski definition) is 1. The van der Waals surface area contributed by atoms with Crippen LogP contribution in [-0.2, 0) is 9.84 Å². The molecule has 1 aliphatic heterocycles. The molecule has 0 unspecified atom stereocenters. The van der Waals surface area contributed by atoms with Gasteiger partial charge < -0.3 is 5.32 Å². The molecule has 0 aromatic rings. The third-order valence-corrected chi connectivity index (χ3v) is 5.13. The summed E-state index contributed by atoms with van der Waals surface area (Å²) in [5.41, 5.74) is 0.376. The molecular weight excluding hydrogens is 234 g/mol. The van der Waals surface area contributed by atoms with Gasteiger partial charge in [0.1, 0.15) is 0 Å². The molecule has 1 aliphatic rings. The van der Waals surface area contributed by atoms with E-state index in [1.165, 1.54) is 0 Å². The van der Waals surface area contributed by atoms with Crippen LogP contribution in [0.25, 0.3) is 0 Å². The topological polar surface area (TPSA) is 46.2 Å². The molecule has 0 amide bonds. The molecule has 0 aromatic heterocycles. The van der Waals surface area contributed by atoms with E-state index in [1.807, 2.05) is 20.8 Å². The van der Waals surface area contributed by atoms with Gasteiger partial charge >= 0.3 is 0 Å². The lowest BCUT2D eigenvalue weighted by Crippen LogP contribution is -2.31. The zero-order valence-corrected chi connectivity index (χ0v) is 12.7. The minimum absolute atomic E-state index is 0.167. The number of sulfone groups is 1. The van der Waals surface area contributed by atoms with Gasteiger partial charge in [-0.2, -0.15) is 0 Å². The molecule has 0 saturated carbocycles. The van der Waals surface area contributed by atoms with Gasteiger partial charge in [0, 0.05) is 17.7 Å². The lowest BCUT2D eigenvalue weighted by Gasteiger charge is -2.31. The van der Waals surface area contributed by atoms with Crippen LogP contribution in [0.2, 0.25) is 0 Å². The average Bonchev–Trinajstić information content (AvgIpc) is 2.20. The van der Waals surface area contributed by atoms with Gasteiger partial charge in [0.05, 0.1) is 10.7 Å². The van der Waals surface area contributed by atoms with Gasteiger partial charge in [-0.05, 0) is 11.8 Å². The van der Waals surface area contributed by atoms with Crippen molar-refractivity contribution in [3.8, 4) is 0 Å². The van der Waals surface area contributed by atoms with E-state index >= 15 is 0 Å². The molecule has 0 atom stereocenters. The maximum Gasteiger partial charge on any atom is 0.176 e. The first-order valence-corrected chi connectivity index (χ1v) is 7.83. The predicted molar refractivity (Wildman–Crippen MR) is 72.3 cm³/mol. The highest BCUT2D eigenvalue weighted by molar-refractivity contribution is 7.95. The first-order chi connectivity index (χ1) is 7.46. The summed E-state index contributed by atoms with van der Waals surface area (Å²) in [5.74, 6) is 0.256. The minimum atomic E-state index is -3.13. The summed E-state index contributed by atoms with van der Waals surface area (Å²) >= 11 is 0. The quantitative estimate of drug-likeness (QED) is 0.727. The molecule has 0 saturated heterocycles. The summed E-state index contributed by atoms with van der Waals surface area (Å²) in [6, 6.07) is 0. The highest BCUT2D eigenvalue weighted by Crippen LogP contribution is 2.39. The molecule has 0 fully saturated rings. The second-order valence-electron chi connectivity index (χ2n) is 6.80. The van der Waals surface area contributed by atoms with Crippen LogP contribution in [0.5, 0.6) is 0 Å². The summed E-state index contributed by atoms with van der Waals surface area (Å²) in [5, 5.41) is 3.33. The van der Waals surface area contributed by atoms with Gasteiger partial charge in [-0.15, -0.1) is 0 Å². The van der Waals surface area contributed by atoms with Crippen LogP contribution in [0.1, 0.15) is 48.0 Å². The Morgan fingerprint density at radius 2 is 1.53 bits per heavy atom. The monoisotopic (exact) mass is 259 g/mol. The molecule has 0 radical (unpaired) electrons. The Balaban J connectivity index is 3.55. The van der Waals surface area contributed by atoms with Crippen molar-refractivity contribution in [2.24, 2.45) is 10.8 Å². The van der Waals surface area contributed by atoms with Crippen molar-refractivity contribution in [3.63, 3.8) is 0 Å². The van der Waals surface area contributed by atoms with Crippen molar-refractivity contribution in [1.29, 1.82) is 0 Å². The van der Waals surface area contributed by atoms with E-state index in [0.717, 1.165) is 12.2 Å². The lowest BCUT2D eigenvalue weighted by molar-refractivity contribution is 0.428. The van der Waals surface area contributed by atoms with Crippen LogP contribution in [0.15, 0.2) is 10.6 Å². The van der Waals surface area contributed by atoms with Gasteiger partial charge in [-0.1, -0.05) is 41.5 Å². The Hall–Kier alpha value is -0.510. The van der Waals surface area contributed by atoms with Gasteiger partial charge in [0.15, 0.2) is 9.84 Å². The van der Waals surface area contributed by atoms with Crippen LogP contribution in [0.3, 0.4) is 0 Å². The van der Waals surface area contributed by atoms with Crippen LogP contribution >= 0.6 is 0 Å². The molecule has 0 aliphatic carbocycles. The van der Waals surface area contributed by atoms with E-state index in [9.17, 15) is 8.42 Å². The predicted octanol–water partition coefficient (Wildman–Crippen LogP) is 2.70. The first kappa shape index (κ1) is 14.6. The Morgan fingerprint density at radius 1 is 1.00 bits per heavy atom. The van der Waals surface area contributed by atoms with E-state index in [-0.39, 0.29) is 16.6 Å². The Morgan fingerprint density at radius 3 is 1.94 bits per heavy atom. The van der Waals surface area contributed by atoms with Crippen LogP contribution in [0.4, 0.5) is 0 Å². The van der Waals surface area contributed by atoms with E-state index in [1.54, 1.807) is 0 Å². The molecule has 1 rings (SSSR count). The van der Waals surface area contributed by atoms with Crippen molar-refractivity contribution < 1.29 is 8.42 Å². The molecule has 0 bridgehead atoms. The SMILES string of the molecule is CC(C)(C)C1=C(C(C)(C)C)S(=O)(=O)CCCN1. The second-order valence-corrected chi connectivity index (χ2v) is 8.85. The lowest BCUT2D eigenvalue weighted by atomic mass is 9.85. The number of rotatable bonds is 0. The number of hydrogen-bond acceptors (Lipinski definition) is 3. The molecule has 1 heterocycles. The number of nitrogens with one attached hydrogen (secondary N) is 1. The molecule has 100 valence electrons. The van der Waals surface area contributed by atoms with Crippen LogP contribution in [0, 0.1) is 10.8 Å². The Labute approximate surface area is 106 Å². The summed E-state index contributed by atoms with van der Waals surface area (Å²) in [6.45, 7) is 12.8. The van der Waals surface area contributed by atoms with E-state index in [0.29, 0.717) is 11.3 Å². The summed E-state index contributed by atoms with van der Waals surface area (Å²) in [4.78, 5) is 0.593. The van der Waals surface area contributed by atoms with Crippen molar-refractivity contribution in [2.45, 2.75) is 48.0 Å². The standard InChI is InChI=1S/C13H25NO2S/c1-12(2,3)10-11(13(4,5)6)17(15,16)9-7-8-14-10/h14H,7-9H2,1-6H3. The maximum absolute atomic E-state index is 12.4. The third-order valence-electron chi connectivity index (χ3n) is 2.86.